The third-order valence-electron chi connectivity index (χ3n) is 4.08. The Labute approximate surface area is 131 Å². The number of rotatable bonds is 5. The van der Waals surface area contributed by atoms with Crippen molar-refractivity contribution >= 4 is 10.9 Å². The maximum Gasteiger partial charge on any atom is 0.293 e. The fraction of sp³-hybridized carbons (Fsp3) is 0.643. The van der Waals surface area contributed by atoms with Crippen LogP contribution >= 0.6 is 0 Å². The van der Waals surface area contributed by atoms with Gasteiger partial charge in [0.05, 0.1) is 19.0 Å². The van der Waals surface area contributed by atoms with Crippen LogP contribution in [0.25, 0.3) is 10.9 Å². The molecule has 126 valence electrons. The summed E-state index contributed by atoms with van der Waals surface area (Å²) >= 11 is 0. The van der Waals surface area contributed by atoms with Gasteiger partial charge in [-0.3, -0.25) is 4.79 Å². The SMILES string of the molecule is CCCCn1ncc2cnn([C@@H]3O[C@H](CO)[C@@H](O)[C@H]3O)c2c1=O. The van der Waals surface area contributed by atoms with E-state index in [4.69, 9.17) is 4.74 Å². The Bertz CT molecular complexity index is 742. The first-order chi connectivity index (χ1) is 11.1. The van der Waals surface area contributed by atoms with Crippen LogP contribution in [-0.2, 0) is 11.3 Å². The van der Waals surface area contributed by atoms with Gasteiger partial charge in [-0.05, 0) is 6.42 Å². The zero-order chi connectivity index (χ0) is 16.6. The van der Waals surface area contributed by atoms with Crippen LogP contribution in [0, 0.1) is 0 Å². The van der Waals surface area contributed by atoms with E-state index in [0.717, 1.165) is 12.8 Å². The molecule has 0 unspecified atom stereocenters. The molecule has 0 amide bonds. The highest BCUT2D eigenvalue weighted by Gasteiger charge is 2.44. The second-order valence-electron chi connectivity index (χ2n) is 5.65. The smallest absolute Gasteiger partial charge is 0.293 e. The lowest BCUT2D eigenvalue weighted by atomic mass is 10.1. The third-order valence-corrected chi connectivity index (χ3v) is 4.08. The first-order valence-electron chi connectivity index (χ1n) is 7.64. The van der Waals surface area contributed by atoms with Gasteiger partial charge in [-0.15, -0.1) is 0 Å². The highest BCUT2D eigenvalue weighted by molar-refractivity contribution is 5.76. The standard InChI is InChI=1S/C14H20N4O5/c1-2-3-4-17-13(22)10-8(5-15-17)6-16-18(10)14-12(21)11(20)9(7-19)23-14/h5-6,9,11-12,14,19-21H,2-4,7H2,1H3/t9-,11-,12-,14-/m1/s1. The summed E-state index contributed by atoms with van der Waals surface area (Å²) in [5.74, 6) is 0. The van der Waals surface area contributed by atoms with Gasteiger partial charge in [0.1, 0.15) is 23.8 Å². The van der Waals surface area contributed by atoms with Crippen LogP contribution in [-0.4, -0.2) is 59.8 Å². The average Bonchev–Trinajstić information content (AvgIpc) is 3.10. The monoisotopic (exact) mass is 324 g/mol. The molecule has 0 saturated carbocycles. The number of fused-ring (bicyclic) bond motifs is 1. The van der Waals surface area contributed by atoms with Crippen LogP contribution in [0.5, 0.6) is 0 Å². The van der Waals surface area contributed by atoms with Crippen molar-refractivity contribution in [2.75, 3.05) is 6.61 Å². The molecular weight excluding hydrogens is 304 g/mol. The van der Waals surface area contributed by atoms with Gasteiger partial charge in [-0.2, -0.15) is 10.2 Å². The lowest BCUT2D eigenvalue weighted by Crippen LogP contribution is -2.34. The zero-order valence-corrected chi connectivity index (χ0v) is 12.7. The Morgan fingerprint density at radius 2 is 2.00 bits per heavy atom. The normalized spacial score (nSPS) is 27.8. The highest BCUT2D eigenvalue weighted by Crippen LogP contribution is 2.30. The molecule has 3 rings (SSSR count). The fourth-order valence-corrected chi connectivity index (χ4v) is 2.74. The molecule has 2 aromatic heterocycles. The molecule has 3 heterocycles. The van der Waals surface area contributed by atoms with Gasteiger partial charge >= 0.3 is 0 Å². The average molecular weight is 324 g/mol. The van der Waals surface area contributed by atoms with Crippen molar-refractivity contribution in [2.24, 2.45) is 0 Å². The van der Waals surface area contributed by atoms with Crippen molar-refractivity contribution < 1.29 is 20.1 Å². The molecule has 1 saturated heterocycles. The zero-order valence-electron chi connectivity index (χ0n) is 12.7. The summed E-state index contributed by atoms with van der Waals surface area (Å²) < 4.78 is 8.05. The van der Waals surface area contributed by atoms with Crippen LogP contribution in [0.15, 0.2) is 17.2 Å². The minimum Gasteiger partial charge on any atom is -0.394 e. The minimum absolute atomic E-state index is 0.256. The summed E-state index contributed by atoms with van der Waals surface area (Å²) in [5.41, 5.74) is -0.0721. The summed E-state index contributed by atoms with van der Waals surface area (Å²) in [4.78, 5) is 12.6. The van der Waals surface area contributed by atoms with E-state index in [1.165, 1.54) is 21.8 Å². The van der Waals surface area contributed by atoms with Crippen molar-refractivity contribution in [3.05, 3.63) is 22.7 Å². The van der Waals surface area contributed by atoms with Gasteiger partial charge in [0, 0.05) is 11.9 Å². The molecule has 23 heavy (non-hydrogen) atoms. The van der Waals surface area contributed by atoms with E-state index in [0.29, 0.717) is 11.9 Å². The Morgan fingerprint density at radius 3 is 2.65 bits per heavy atom. The molecule has 0 aromatic carbocycles. The summed E-state index contributed by atoms with van der Waals surface area (Å²) in [7, 11) is 0. The van der Waals surface area contributed by atoms with Crippen LogP contribution in [0.4, 0.5) is 0 Å². The molecule has 2 aromatic rings. The molecule has 1 aliphatic heterocycles. The van der Waals surface area contributed by atoms with E-state index in [-0.39, 0.29) is 11.1 Å². The largest absolute Gasteiger partial charge is 0.394 e. The van der Waals surface area contributed by atoms with Crippen molar-refractivity contribution in [2.45, 2.75) is 50.8 Å². The fourth-order valence-electron chi connectivity index (χ4n) is 2.74. The number of aliphatic hydroxyl groups excluding tert-OH is 3. The molecule has 9 nitrogen and oxygen atoms in total. The van der Waals surface area contributed by atoms with E-state index >= 15 is 0 Å². The Morgan fingerprint density at radius 1 is 1.26 bits per heavy atom. The lowest BCUT2D eigenvalue weighted by molar-refractivity contribution is -0.0565. The Hall–Kier alpha value is -1.81. The van der Waals surface area contributed by atoms with Gasteiger partial charge in [0.25, 0.3) is 5.56 Å². The molecule has 0 bridgehead atoms. The predicted molar refractivity (Wildman–Crippen MR) is 79.7 cm³/mol. The maximum absolute atomic E-state index is 12.6. The lowest BCUT2D eigenvalue weighted by Gasteiger charge is -2.16. The summed E-state index contributed by atoms with van der Waals surface area (Å²) in [6.07, 6.45) is 0.272. The molecule has 3 N–H and O–H groups in total. The van der Waals surface area contributed by atoms with Crippen LogP contribution in [0.3, 0.4) is 0 Å². The van der Waals surface area contributed by atoms with Crippen LogP contribution in [0.1, 0.15) is 26.0 Å². The number of aryl methyl sites for hydroxylation is 1. The summed E-state index contributed by atoms with van der Waals surface area (Å²) in [6.45, 7) is 2.08. The van der Waals surface area contributed by atoms with Gasteiger partial charge in [0.2, 0.25) is 0 Å². The number of ether oxygens (including phenoxy) is 1. The Kier molecular flexibility index (Phi) is 4.44. The van der Waals surface area contributed by atoms with Gasteiger partial charge in [-0.1, -0.05) is 13.3 Å². The van der Waals surface area contributed by atoms with Gasteiger partial charge in [-0.25, -0.2) is 9.36 Å². The van der Waals surface area contributed by atoms with Crippen molar-refractivity contribution in [1.29, 1.82) is 0 Å². The summed E-state index contributed by atoms with van der Waals surface area (Å²) in [5, 5.41) is 37.9. The van der Waals surface area contributed by atoms with E-state index in [1.54, 1.807) is 0 Å². The second kappa shape index (κ2) is 6.36. The van der Waals surface area contributed by atoms with Gasteiger partial charge in [0.15, 0.2) is 6.23 Å². The molecule has 0 aliphatic carbocycles. The van der Waals surface area contributed by atoms with E-state index in [2.05, 4.69) is 10.2 Å². The molecule has 1 fully saturated rings. The molecule has 0 radical (unpaired) electrons. The second-order valence-corrected chi connectivity index (χ2v) is 5.65. The minimum atomic E-state index is -1.29. The van der Waals surface area contributed by atoms with Crippen molar-refractivity contribution in [3.8, 4) is 0 Å². The predicted octanol–water partition coefficient (Wildman–Crippen LogP) is -0.995. The van der Waals surface area contributed by atoms with E-state index in [1.807, 2.05) is 6.92 Å². The third kappa shape index (κ3) is 2.65. The van der Waals surface area contributed by atoms with Crippen LogP contribution in [0.2, 0.25) is 0 Å². The number of aliphatic hydroxyl groups is 3. The molecular formula is C14H20N4O5. The maximum atomic E-state index is 12.6. The van der Waals surface area contributed by atoms with Crippen LogP contribution < -0.4 is 5.56 Å². The van der Waals surface area contributed by atoms with E-state index in [9.17, 15) is 20.1 Å². The molecule has 0 spiro atoms. The quantitative estimate of drug-likeness (QED) is 0.645. The van der Waals surface area contributed by atoms with Gasteiger partial charge < -0.3 is 20.1 Å². The molecule has 9 heteroatoms. The number of nitrogens with zero attached hydrogens (tertiary/aromatic N) is 4. The molecule has 4 atom stereocenters. The Balaban J connectivity index is 2.03. The first-order valence-corrected chi connectivity index (χ1v) is 7.64. The number of unbranched alkanes of at least 4 members (excludes halogenated alkanes) is 1. The molecule has 1 aliphatic rings. The topological polar surface area (TPSA) is 123 Å². The number of hydrogen-bond donors (Lipinski definition) is 3. The van der Waals surface area contributed by atoms with Crippen molar-refractivity contribution in [3.63, 3.8) is 0 Å². The first kappa shape index (κ1) is 16.1. The number of aromatic nitrogens is 4. The summed E-state index contributed by atoms with van der Waals surface area (Å²) in [6, 6.07) is 0. The highest BCUT2D eigenvalue weighted by atomic mass is 16.6. The number of hydrogen-bond acceptors (Lipinski definition) is 7. The van der Waals surface area contributed by atoms with E-state index < -0.39 is 31.1 Å². The van der Waals surface area contributed by atoms with Crippen molar-refractivity contribution in [1.82, 2.24) is 19.6 Å².